The lowest BCUT2D eigenvalue weighted by molar-refractivity contribution is 0.0278. The summed E-state index contributed by atoms with van der Waals surface area (Å²) in [4.78, 5) is 17.8. The van der Waals surface area contributed by atoms with Crippen molar-refractivity contribution in [2.45, 2.75) is 39.8 Å². The number of hydrogen-bond acceptors (Lipinski definition) is 3. The first-order chi connectivity index (χ1) is 11.7. The Balaban J connectivity index is 2.28. The molecular formula is C18H33N5O2. The van der Waals surface area contributed by atoms with Gasteiger partial charge in [-0.25, -0.2) is 4.79 Å². The molecular weight excluding hydrogens is 318 g/mol. The summed E-state index contributed by atoms with van der Waals surface area (Å²) in [7, 11) is 3.51. The summed E-state index contributed by atoms with van der Waals surface area (Å²) < 4.78 is 7.47. The molecule has 0 saturated carbocycles. The summed E-state index contributed by atoms with van der Waals surface area (Å²) >= 11 is 0. The van der Waals surface area contributed by atoms with Crippen molar-refractivity contribution >= 4 is 12.1 Å². The Morgan fingerprint density at radius 2 is 1.92 bits per heavy atom. The number of nitrogens with zero attached hydrogens (tertiary/aromatic N) is 3. The van der Waals surface area contributed by atoms with E-state index in [1.54, 1.807) is 19.0 Å². The molecule has 0 aromatic carbocycles. The van der Waals surface area contributed by atoms with Crippen LogP contribution in [0.3, 0.4) is 0 Å². The van der Waals surface area contributed by atoms with E-state index in [0.29, 0.717) is 6.54 Å². The number of aromatic nitrogens is 1. The van der Waals surface area contributed by atoms with Crippen LogP contribution in [0.25, 0.3) is 0 Å². The number of nitrogens with one attached hydrogen (secondary N) is 2. The van der Waals surface area contributed by atoms with Crippen LogP contribution >= 0.6 is 0 Å². The van der Waals surface area contributed by atoms with Crippen LogP contribution in [-0.4, -0.2) is 60.9 Å². The number of guanidine groups is 1. The number of amides is 1. The fourth-order valence-corrected chi connectivity index (χ4v) is 2.26. The molecule has 1 aromatic heterocycles. The summed E-state index contributed by atoms with van der Waals surface area (Å²) in [6, 6.07) is 4.02. The third-order valence-electron chi connectivity index (χ3n) is 3.46. The van der Waals surface area contributed by atoms with Crippen LogP contribution in [0.15, 0.2) is 29.5 Å². The predicted octanol–water partition coefficient (Wildman–Crippen LogP) is 2.16. The molecule has 1 unspecified atom stereocenters. The van der Waals surface area contributed by atoms with E-state index in [-0.39, 0.29) is 12.0 Å². The van der Waals surface area contributed by atoms with E-state index in [1.807, 2.05) is 45.3 Å². The largest absolute Gasteiger partial charge is 0.444 e. The average molecular weight is 351 g/mol. The molecule has 25 heavy (non-hydrogen) atoms. The van der Waals surface area contributed by atoms with E-state index in [1.165, 1.54) is 0 Å². The second-order valence-electron chi connectivity index (χ2n) is 7.27. The van der Waals surface area contributed by atoms with Gasteiger partial charge in [-0.15, -0.1) is 0 Å². The number of aliphatic imine (C=N–C) groups is 1. The van der Waals surface area contributed by atoms with Gasteiger partial charge in [-0.2, -0.15) is 0 Å². The van der Waals surface area contributed by atoms with Gasteiger partial charge in [0.25, 0.3) is 0 Å². The highest BCUT2D eigenvalue weighted by Gasteiger charge is 2.20. The van der Waals surface area contributed by atoms with Crippen LogP contribution in [0.4, 0.5) is 4.79 Å². The lowest BCUT2D eigenvalue weighted by atomic mass is 10.1. The molecule has 142 valence electrons. The van der Waals surface area contributed by atoms with Gasteiger partial charge in [0.05, 0.1) is 0 Å². The smallest absolute Gasteiger partial charge is 0.410 e. The van der Waals surface area contributed by atoms with Gasteiger partial charge in [-0.3, -0.25) is 4.99 Å². The Bertz CT molecular complexity index is 534. The maximum Gasteiger partial charge on any atom is 0.410 e. The summed E-state index contributed by atoms with van der Waals surface area (Å²) in [5, 5.41) is 6.58. The fraction of sp³-hybridized carbons (Fsp3) is 0.667. The molecule has 7 heteroatoms. The molecule has 0 saturated heterocycles. The minimum Gasteiger partial charge on any atom is -0.444 e. The van der Waals surface area contributed by atoms with Crippen molar-refractivity contribution in [2.24, 2.45) is 10.9 Å². The summed E-state index contributed by atoms with van der Waals surface area (Å²) in [5.74, 6) is 1.03. The van der Waals surface area contributed by atoms with Crippen molar-refractivity contribution in [2.75, 3.05) is 33.7 Å². The zero-order valence-corrected chi connectivity index (χ0v) is 16.4. The minimum absolute atomic E-state index is 0.264. The van der Waals surface area contributed by atoms with Gasteiger partial charge in [0.2, 0.25) is 0 Å². The lowest BCUT2D eigenvalue weighted by Gasteiger charge is -2.26. The maximum atomic E-state index is 12.0. The summed E-state index contributed by atoms with van der Waals surface area (Å²) in [6.07, 6.45) is 3.77. The molecule has 1 rings (SSSR count). The number of ether oxygens (including phenoxy) is 1. The Morgan fingerprint density at radius 1 is 1.28 bits per heavy atom. The Morgan fingerprint density at radius 3 is 2.48 bits per heavy atom. The maximum absolute atomic E-state index is 12.0. The van der Waals surface area contributed by atoms with Gasteiger partial charge >= 0.3 is 6.09 Å². The van der Waals surface area contributed by atoms with Gasteiger partial charge in [-0.1, -0.05) is 6.92 Å². The molecule has 7 nitrogen and oxygen atoms in total. The molecule has 2 N–H and O–H groups in total. The van der Waals surface area contributed by atoms with E-state index in [4.69, 9.17) is 4.74 Å². The average Bonchev–Trinajstić information content (AvgIpc) is 3.02. The Hall–Kier alpha value is -2.18. The number of hydrogen-bond donors (Lipinski definition) is 2. The second kappa shape index (κ2) is 9.96. The van der Waals surface area contributed by atoms with Gasteiger partial charge in [-0.05, 0) is 38.8 Å². The predicted molar refractivity (Wildman–Crippen MR) is 102 cm³/mol. The van der Waals surface area contributed by atoms with Crippen LogP contribution in [-0.2, 0) is 11.3 Å². The minimum atomic E-state index is -0.474. The lowest BCUT2D eigenvalue weighted by Crippen LogP contribution is -2.43. The van der Waals surface area contributed by atoms with E-state index in [9.17, 15) is 4.79 Å². The molecule has 1 heterocycles. The molecule has 1 amide bonds. The highest BCUT2D eigenvalue weighted by molar-refractivity contribution is 5.79. The van der Waals surface area contributed by atoms with Gasteiger partial charge in [0, 0.05) is 52.7 Å². The van der Waals surface area contributed by atoms with Crippen molar-refractivity contribution in [1.29, 1.82) is 0 Å². The number of carbonyl (C=O) groups excluding carboxylic acids is 1. The monoisotopic (exact) mass is 351 g/mol. The van der Waals surface area contributed by atoms with Gasteiger partial charge < -0.3 is 24.8 Å². The summed E-state index contributed by atoms with van der Waals surface area (Å²) in [6.45, 7) is 10.7. The first-order valence-corrected chi connectivity index (χ1v) is 8.70. The summed E-state index contributed by atoms with van der Waals surface area (Å²) in [5.41, 5.74) is -0.474. The first kappa shape index (κ1) is 20.9. The van der Waals surface area contributed by atoms with Gasteiger partial charge in [0.15, 0.2) is 5.96 Å². The van der Waals surface area contributed by atoms with Gasteiger partial charge in [0.1, 0.15) is 5.60 Å². The molecule has 0 aliphatic rings. The molecule has 0 aliphatic carbocycles. The molecule has 1 aromatic rings. The van der Waals surface area contributed by atoms with E-state index in [0.717, 1.165) is 25.6 Å². The van der Waals surface area contributed by atoms with Crippen LogP contribution < -0.4 is 10.6 Å². The second-order valence-corrected chi connectivity index (χ2v) is 7.27. The van der Waals surface area contributed by atoms with Crippen molar-refractivity contribution in [1.82, 2.24) is 20.1 Å². The Kier molecular flexibility index (Phi) is 8.31. The van der Waals surface area contributed by atoms with Crippen LogP contribution in [0, 0.1) is 5.92 Å². The third-order valence-corrected chi connectivity index (χ3v) is 3.46. The molecule has 0 aliphatic heterocycles. The zero-order valence-electron chi connectivity index (χ0n) is 16.4. The molecule has 0 bridgehead atoms. The van der Waals surface area contributed by atoms with Crippen molar-refractivity contribution in [3.63, 3.8) is 0 Å². The molecule has 1 atom stereocenters. The zero-order chi connectivity index (χ0) is 18.9. The fourth-order valence-electron chi connectivity index (χ4n) is 2.26. The standard InChI is InChI=1S/C18H33N5O2/c1-15(14-22(6)17(24)25-18(2,3)4)13-21-16(19-5)20-9-12-23-10-7-8-11-23/h7-8,10-11,15H,9,12-14H2,1-6H3,(H2,19,20,21). The highest BCUT2D eigenvalue weighted by atomic mass is 16.6. The van der Waals surface area contributed by atoms with Crippen molar-refractivity contribution in [3.8, 4) is 0 Å². The number of carbonyl (C=O) groups is 1. The van der Waals surface area contributed by atoms with Crippen molar-refractivity contribution in [3.05, 3.63) is 24.5 Å². The van der Waals surface area contributed by atoms with Crippen LogP contribution in [0.1, 0.15) is 27.7 Å². The topological polar surface area (TPSA) is 70.9 Å². The van der Waals surface area contributed by atoms with E-state index >= 15 is 0 Å². The normalized spacial score (nSPS) is 13.3. The van der Waals surface area contributed by atoms with Crippen LogP contribution in [0.5, 0.6) is 0 Å². The van der Waals surface area contributed by atoms with Crippen LogP contribution in [0.2, 0.25) is 0 Å². The van der Waals surface area contributed by atoms with E-state index < -0.39 is 5.60 Å². The third kappa shape index (κ3) is 9.02. The SMILES string of the molecule is CN=C(NCCn1cccc1)NCC(C)CN(C)C(=O)OC(C)(C)C. The van der Waals surface area contributed by atoms with Crippen molar-refractivity contribution < 1.29 is 9.53 Å². The molecule has 0 spiro atoms. The molecule has 0 radical (unpaired) electrons. The quantitative estimate of drug-likeness (QED) is 0.583. The first-order valence-electron chi connectivity index (χ1n) is 8.70. The number of rotatable bonds is 7. The van der Waals surface area contributed by atoms with E-state index in [2.05, 4.69) is 27.1 Å². The highest BCUT2D eigenvalue weighted by Crippen LogP contribution is 2.10. The molecule has 0 fully saturated rings. The Labute approximate surface area is 151 Å².